The Labute approximate surface area is 188 Å². The van der Waals surface area contributed by atoms with Gasteiger partial charge in [-0.05, 0) is 75.0 Å². The maximum atomic E-state index is 13.2. The smallest absolute Gasteiger partial charge is 0.314 e. The molecule has 4 aliphatic rings. The summed E-state index contributed by atoms with van der Waals surface area (Å²) in [5.41, 5.74) is 0. The molecule has 0 bridgehead atoms. The van der Waals surface area contributed by atoms with Crippen molar-refractivity contribution in [3.63, 3.8) is 0 Å². The van der Waals surface area contributed by atoms with Crippen molar-refractivity contribution >= 4 is 11.8 Å². The van der Waals surface area contributed by atoms with Crippen LogP contribution in [0, 0.1) is 41.4 Å². The summed E-state index contributed by atoms with van der Waals surface area (Å²) in [5, 5.41) is 0. The predicted molar refractivity (Wildman–Crippen MR) is 118 cm³/mol. The van der Waals surface area contributed by atoms with E-state index in [0.717, 1.165) is 63.2 Å². The maximum absolute atomic E-state index is 13.2. The van der Waals surface area contributed by atoms with E-state index in [-0.39, 0.29) is 42.0 Å². The first-order valence-electron chi connectivity index (χ1n) is 12.8. The van der Waals surface area contributed by atoms with Crippen LogP contribution in [-0.2, 0) is 23.8 Å². The third-order valence-electron chi connectivity index (χ3n) is 8.78. The summed E-state index contributed by atoms with van der Waals surface area (Å²) < 4.78 is 17.8. The summed E-state index contributed by atoms with van der Waals surface area (Å²) in [4.78, 5) is 26.1. The Morgan fingerprint density at radius 3 is 1.74 bits per heavy atom. The highest BCUT2D eigenvalue weighted by atomic mass is 16.6. The van der Waals surface area contributed by atoms with Crippen LogP contribution < -0.4 is 0 Å². The largest absolute Gasteiger partial charge is 0.462 e. The fourth-order valence-corrected chi connectivity index (χ4v) is 6.44. The Morgan fingerprint density at radius 1 is 0.710 bits per heavy atom. The van der Waals surface area contributed by atoms with Crippen LogP contribution in [0.25, 0.3) is 0 Å². The Morgan fingerprint density at radius 2 is 1.19 bits per heavy atom. The highest BCUT2D eigenvalue weighted by Gasteiger charge is 2.54. The molecule has 2 saturated heterocycles. The molecule has 4 fully saturated rings. The van der Waals surface area contributed by atoms with Crippen LogP contribution in [0.1, 0.15) is 79.1 Å². The lowest BCUT2D eigenvalue weighted by molar-refractivity contribution is -0.159. The molecule has 2 aliphatic carbocycles. The molecule has 0 spiro atoms. The molecule has 0 aromatic carbocycles. The lowest BCUT2D eigenvalue weighted by Gasteiger charge is -2.31. The fraction of sp³-hybridized carbons (Fsp3) is 0.923. The molecule has 2 saturated carbocycles. The maximum Gasteiger partial charge on any atom is 0.314 e. The number of hydrogen-bond acceptors (Lipinski definition) is 5. The first-order valence-corrected chi connectivity index (χ1v) is 12.8. The molecule has 176 valence electrons. The SMILES string of the molecule is CC(C)C1CCC(OC(=O)[C@H]2CO[C@@H]3C(C(=O)C4CCC(C(C)C)CC4)CO[C@H]23)CC1. The standard InChI is InChI=1S/C26H42O5/c1-15(2)17-5-7-19(8-6-17)23(27)21-13-29-25-22(14-30-24(21)25)26(28)31-20-11-9-18(10-12-20)16(3)4/h15-22,24-25H,5-14H2,1-4H3/t17?,18?,19?,20?,21?,22-,24+,25+/m0/s1. The molecule has 0 N–H and O–H groups in total. The van der Waals surface area contributed by atoms with Gasteiger partial charge in [0.25, 0.3) is 0 Å². The van der Waals surface area contributed by atoms with Crippen molar-refractivity contribution in [1.82, 2.24) is 0 Å². The Hall–Kier alpha value is -0.940. The molecule has 5 heteroatoms. The van der Waals surface area contributed by atoms with Gasteiger partial charge < -0.3 is 14.2 Å². The molecule has 0 amide bonds. The van der Waals surface area contributed by atoms with Gasteiger partial charge in [0.15, 0.2) is 0 Å². The van der Waals surface area contributed by atoms with Gasteiger partial charge in [0, 0.05) is 5.92 Å². The molecule has 5 nitrogen and oxygen atoms in total. The average Bonchev–Trinajstić information content (AvgIpc) is 3.36. The lowest BCUT2D eigenvalue weighted by Crippen LogP contribution is -2.37. The van der Waals surface area contributed by atoms with E-state index in [4.69, 9.17) is 14.2 Å². The summed E-state index contributed by atoms with van der Waals surface area (Å²) in [7, 11) is 0. The van der Waals surface area contributed by atoms with Crippen molar-refractivity contribution in [1.29, 1.82) is 0 Å². The highest BCUT2D eigenvalue weighted by molar-refractivity contribution is 5.85. The molecular formula is C26H42O5. The van der Waals surface area contributed by atoms with Gasteiger partial charge in [-0.25, -0.2) is 0 Å². The zero-order chi connectivity index (χ0) is 22.1. The van der Waals surface area contributed by atoms with E-state index in [1.165, 1.54) is 0 Å². The van der Waals surface area contributed by atoms with E-state index in [1.54, 1.807) is 0 Å². The number of esters is 1. The van der Waals surface area contributed by atoms with Gasteiger partial charge >= 0.3 is 5.97 Å². The molecule has 4 atom stereocenters. The molecule has 1 unspecified atom stereocenters. The predicted octanol–water partition coefficient (Wildman–Crippen LogP) is 4.81. The fourth-order valence-electron chi connectivity index (χ4n) is 6.44. The number of carbonyl (C=O) groups is 2. The summed E-state index contributed by atoms with van der Waals surface area (Å²) >= 11 is 0. The average molecular weight is 435 g/mol. The second-order valence-electron chi connectivity index (χ2n) is 11.3. The lowest BCUT2D eigenvalue weighted by atomic mass is 9.73. The Kier molecular flexibility index (Phi) is 7.42. The third kappa shape index (κ3) is 5.03. The van der Waals surface area contributed by atoms with Gasteiger partial charge in [0.1, 0.15) is 23.9 Å². The van der Waals surface area contributed by atoms with Crippen molar-refractivity contribution in [2.45, 2.75) is 97.4 Å². The van der Waals surface area contributed by atoms with Gasteiger partial charge in [0.05, 0.1) is 25.2 Å². The first kappa shape index (κ1) is 23.2. The normalized spacial score (nSPS) is 40.8. The first-order chi connectivity index (χ1) is 14.8. The number of rotatable bonds is 6. The molecule has 2 heterocycles. The summed E-state index contributed by atoms with van der Waals surface area (Å²) in [5.74, 6) is 2.52. The Bertz CT molecular complexity index is 628. The quantitative estimate of drug-likeness (QED) is 0.562. The number of fused-ring (bicyclic) bond motifs is 1. The van der Waals surface area contributed by atoms with E-state index in [0.29, 0.717) is 30.8 Å². The van der Waals surface area contributed by atoms with E-state index < -0.39 is 0 Å². The number of carbonyl (C=O) groups excluding carboxylic acids is 2. The van der Waals surface area contributed by atoms with Crippen molar-refractivity contribution in [3.05, 3.63) is 0 Å². The highest BCUT2D eigenvalue weighted by Crippen LogP contribution is 2.41. The minimum Gasteiger partial charge on any atom is -0.462 e. The topological polar surface area (TPSA) is 61.8 Å². The zero-order valence-corrected chi connectivity index (χ0v) is 19.9. The Balaban J connectivity index is 1.27. The van der Waals surface area contributed by atoms with Crippen molar-refractivity contribution in [2.24, 2.45) is 41.4 Å². The van der Waals surface area contributed by atoms with Crippen LogP contribution in [0.2, 0.25) is 0 Å². The molecule has 0 aromatic heterocycles. The summed E-state index contributed by atoms with van der Waals surface area (Å²) in [6.07, 6.45) is 7.87. The van der Waals surface area contributed by atoms with Crippen LogP contribution in [0.5, 0.6) is 0 Å². The third-order valence-corrected chi connectivity index (χ3v) is 8.78. The molecule has 0 radical (unpaired) electrons. The summed E-state index contributed by atoms with van der Waals surface area (Å²) in [6.45, 7) is 9.82. The number of ketones is 1. The van der Waals surface area contributed by atoms with Gasteiger partial charge in [-0.2, -0.15) is 0 Å². The van der Waals surface area contributed by atoms with Crippen molar-refractivity contribution in [3.8, 4) is 0 Å². The van der Waals surface area contributed by atoms with Crippen molar-refractivity contribution in [2.75, 3.05) is 13.2 Å². The van der Waals surface area contributed by atoms with E-state index >= 15 is 0 Å². The van der Waals surface area contributed by atoms with Crippen LogP contribution in [0.15, 0.2) is 0 Å². The second-order valence-corrected chi connectivity index (χ2v) is 11.3. The number of hydrogen-bond donors (Lipinski definition) is 0. The molecule has 2 aliphatic heterocycles. The van der Waals surface area contributed by atoms with Crippen LogP contribution in [0.3, 0.4) is 0 Å². The zero-order valence-electron chi connectivity index (χ0n) is 19.9. The molecule has 31 heavy (non-hydrogen) atoms. The number of Topliss-reactive ketones (excluding diaryl/α,β-unsaturated/α-hetero) is 1. The van der Waals surface area contributed by atoms with E-state index in [1.807, 2.05) is 0 Å². The van der Waals surface area contributed by atoms with Crippen molar-refractivity contribution < 1.29 is 23.8 Å². The van der Waals surface area contributed by atoms with E-state index in [2.05, 4.69) is 27.7 Å². The minimum atomic E-state index is -0.387. The number of ether oxygens (including phenoxy) is 3. The second kappa shape index (κ2) is 9.91. The summed E-state index contributed by atoms with van der Waals surface area (Å²) in [6, 6.07) is 0. The van der Waals surface area contributed by atoms with Gasteiger partial charge in [-0.3, -0.25) is 9.59 Å². The molecule has 0 aromatic rings. The monoisotopic (exact) mass is 434 g/mol. The molecule has 4 rings (SSSR count). The van der Waals surface area contributed by atoms with E-state index in [9.17, 15) is 9.59 Å². The van der Waals surface area contributed by atoms with Gasteiger partial charge in [0.2, 0.25) is 0 Å². The van der Waals surface area contributed by atoms with Crippen LogP contribution in [0.4, 0.5) is 0 Å². The van der Waals surface area contributed by atoms with Gasteiger partial charge in [-0.1, -0.05) is 27.7 Å². The van der Waals surface area contributed by atoms with Gasteiger partial charge in [-0.15, -0.1) is 0 Å². The molecular weight excluding hydrogens is 392 g/mol. The van der Waals surface area contributed by atoms with Crippen LogP contribution >= 0.6 is 0 Å². The van der Waals surface area contributed by atoms with Crippen LogP contribution in [-0.4, -0.2) is 43.3 Å². The minimum absolute atomic E-state index is 0.0246.